The normalized spacial score (nSPS) is 19.7. The standard InChI is InChI=1S/C20H19F4N3O2S/c1-19(2)18(29)30(15-5-3-13(11-25)16(10-15)20(22,23)24)26-27(19)14-4-6-17(28)12(9-14)7-8-21/h3-6,9-10,26,28,30H,7-8H2,1-2H3. The van der Waals surface area contributed by atoms with Crippen molar-refractivity contribution in [3.63, 3.8) is 0 Å². The molecule has 1 atom stereocenters. The Labute approximate surface area is 173 Å². The molecule has 0 saturated carbocycles. The van der Waals surface area contributed by atoms with Crippen molar-refractivity contribution in [3.8, 4) is 11.8 Å². The second kappa shape index (κ2) is 7.81. The number of alkyl halides is 4. The number of rotatable bonds is 4. The topological polar surface area (TPSA) is 76.4 Å². The molecule has 5 nitrogen and oxygen atoms in total. The maximum Gasteiger partial charge on any atom is 0.417 e. The van der Waals surface area contributed by atoms with Crippen molar-refractivity contribution >= 4 is 21.9 Å². The fourth-order valence-electron chi connectivity index (χ4n) is 3.21. The van der Waals surface area contributed by atoms with Crippen LogP contribution >= 0.6 is 11.1 Å². The average Bonchev–Trinajstić information content (AvgIpc) is 2.92. The molecule has 10 heteroatoms. The van der Waals surface area contributed by atoms with Crippen molar-refractivity contribution < 1.29 is 27.5 Å². The summed E-state index contributed by atoms with van der Waals surface area (Å²) in [5.41, 5.74) is -1.88. The summed E-state index contributed by atoms with van der Waals surface area (Å²) in [5, 5.41) is 20.1. The lowest BCUT2D eigenvalue weighted by Gasteiger charge is -2.30. The first kappa shape index (κ1) is 21.9. The van der Waals surface area contributed by atoms with Gasteiger partial charge in [-0.25, -0.2) is 0 Å². The average molecular weight is 441 g/mol. The first-order chi connectivity index (χ1) is 14.0. The minimum Gasteiger partial charge on any atom is -0.508 e. The van der Waals surface area contributed by atoms with Crippen LogP contribution in [0.1, 0.15) is 30.5 Å². The Morgan fingerprint density at radius 1 is 1.23 bits per heavy atom. The highest BCUT2D eigenvalue weighted by atomic mass is 32.2. The molecular formula is C20H19F4N3O2S. The molecule has 0 radical (unpaired) electrons. The second-order valence-electron chi connectivity index (χ2n) is 7.23. The van der Waals surface area contributed by atoms with Crippen LogP contribution < -0.4 is 9.84 Å². The Hall–Kier alpha value is -2.77. The number of halogens is 4. The van der Waals surface area contributed by atoms with Crippen LogP contribution in [0.25, 0.3) is 0 Å². The number of phenols is 1. The van der Waals surface area contributed by atoms with Gasteiger partial charge in [0.1, 0.15) is 11.3 Å². The SMILES string of the molecule is CC1(C)C(=O)[SH](c2ccc(C#N)c(C(F)(F)F)c2)NN1c1ccc(O)c(CCF)c1. The Morgan fingerprint density at radius 3 is 2.53 bits per heavy atom. The molecule has 160 valence electrons. The van der Waals surface area contributed by atoms with Gasteiger partial charge in [-0.2, -0.15) is 23.3 Å². The predicted octanol–water partition coefficient (Wildman–Crippen LogP) is 4.40. The number of hydrogen-bond acceptors (Lipinski definition) is 5. The van der Waals surface area contributed by atoms with Gasteiger partial charge in [0.05, 0.1) is 29.6 Å². The van der Waals surface area contributed by atoms with Crippen LogP contribution in [0, 0.1) is 11.3 Å². The van der Waals surface area contributed by atoms with E-state index in [9.17, 15) is 27.5 Å². The lowest BCUT2D eigenvalue weighted by atomic mass is 10.0. The molecule has 1 aliphatic rings. The highest BCUT2D eigenvalue weighted by Gasteiger charge is 2.46. The third-order valence-electron chi connectivity index (χ3n) is 4.86. The highest BCUT2D eigenvalue weighted by molar-refractivity contribution is 8.28. The van der Waals surface area contributed by atoms with Crippen LogP contribution in [0.15, 0.2) is 41.3 Å². The predicted molar refractivity (Wildman–Crippen MR) is 106 cm³/mol. The van der Waals surface area contributed by atoms with Crippen LogP contribution in [-0.2, 0) is 17.4 Å². The summed E-state index contributed by atoms with van der Waals surface area (Å²) < 4.78 is 52.8. The maximum absolute atomic E-state index is 13.3. The molecule has 0 spiro atoms. The third kappa shape index (κ3) is 3.82. The van der Waals surface area contributed by atoms with E-state index in [0.29, 0.717) is 11.3 Å². The van der Waals surface area contributed by atoms with E-state index in [1.165, 1.54) is 35.3 Å². The molecule has 0 amide bonds. The van der Waals surface area contributed by atoms with Gasteiger partial charge in [0.2, 0.25) is 5.12 Å². The number of aryl methyl sites for hydroxylation is 1. The molecule has 0 aromatic heterocycles. The van der Waals surface area contributed by atoms with E-state index >= 15 is 0 Å². The number of aromatic hydroxyl groups is 1. The van der Waals surface area contributed by atoms with E-state index in [-0.39, 0.29) is 22.2 Å². The molecule has 0 bridgehead atoms. The zero-order valence-corrected chi connectivity index (χ0v) is 17.0. The lowest BCUT2D eigenvalue weighted by molar-refractivity contribution is -0.138. The fraction of sp³-hybridized carbons (Fsp3) is 0.300. The first-order valence-corrected chi connectivity index (χ1v) is 10.2. The number of anilines is 1. The summed E-state index contributed by atoms with van der Waals surface area (Å²) in [7, 11) is 0. The van der Waals surface area contributed by atoms with Gasteiger partial charge in [0.15, 0.2) is 0 Å². The van der Waals surface area contributed by atoms with Gasteiger partial charge in [-0.05, 0) is 55.8 Å². The van der Waals surface area contributed by atoms with E-state index < -0.39 is 40.6 Å². The Kier molecular flexibility index (Phi) is 5.71. The summed E-state index contributed by atoms with van der Waals surface area (Å²) in [4.78, 5) is 16.2. The Bertz CT molecular complexity index is 1030. The highest BCUT2D eigenvalue weighted by Crippen LogP contribution is 2.48. The zero-order chi connectivity index (χ0) is 22.3. The summed E-state index contributed by atoms with van der Waals surface area (Å²) in [6.45, 7) is 2.58. The van der Waals surface area contributed by atoms with Gasteiger partial charge < -0.3 is 5.11 Å². The lowest BCUT2D eigenvalue weighted by Crippen LogP contribution is -2.46. The number of hydrogen-bond donors (Lipinski definition) is 3. The molecule has 3 rings (SSSR count). The van der Waals surface area contributed by atoms with Crippen molar-refractivity contribution in [2.45, 2.75) is 36.9 Å². The van der Waals surface area contributed by atoms with Crippen molar-refractivity contribution in [3.05, 3.63) is 53.1 Å². The van der Waals surface area contributed by atoms with Crippen LogP contribution in [0.2, 0.25) is 0 Å². The maximum atomic E-state index is 13.3. The van der Waals surface area contributed by atoms with Crippen molar-refractivity contribution in [1.29, 1.82) is 5.26 Å². The molecule has 1 saturated heterocycles. The largest absolute Gasteiger partial charge is 0.508 e. The monoisotopic (exact) mass is 441 g/mol. The number of carbonyl (C=O) groups is 1. The van der Waals surface area contributed by atoms with Gasteiger partial charge in [-0.3, -0.25) is 14.2 Å². The van der Waals surface area contributed by atoms with Gasteiger partial charge in [0, 0.05) is 11.3 Å². The van der Waals surface area contributed by atoms with E-state index in [1.54, 1.807) is 13.8 Å². The fourth-order valence-corrected chi connectivity index (χ4v) is 5.35. The first-order valence-electron chi connectivity index (χ1n) is 8.91. The minimum atomic E-state index is -4.73. The number of thiol groups is 1. The number of carbonyl (C=O) groups excluding carboxylic acids is 1. The minimum absolute atomic E-state index is 0.0127. The molecule has 1 heterocycles. The summed E-state index contributed by atoms with van der Waals surface area (Å²) >= 11 is -1.87. The molecule has 0 aliphatic carbocycles. The van der Waals surface area contributed by atoms with Crippen LogP contribution in [-0.4, -0.2) is 22.4 Å². The Balaban J connectivity index is 2.02. The van der Waals surface area contributed by atoms with Crippen LogP contribution in [0.3, 0.4) is 0 Å². The van der Waals surface area contributed by atoms with E-state index in [4.69, 9.17) is 5.26 Å². The number of phenolic OH excluding ortho intramolecular Hbond substituents is 1. The molecule has 1 fully saturated rings. The third-order valence-corrected chi connectivity index (χ3v) is 7.01. The van der Waals surface area contributed by atoms with Crippen molar-refractivity contribution in [2.75, 3.05) is 11.7 Å². The molecule has 2 aromatic carbocycles. The molecule has 1 unspecified atom stereocenters. The van der Waals surface area contributed by atoms with Crippen LogP contribution in [0.4, 0.5) is 23.2 Å². The molecule has 2 aromatic rings. The van der Waals surface area contributed by atoms with Gasteiger partial charge >= 0.3 is 6.18 Å². The zero-order valence-electron chi connectivity index (χ0n) is 16.1. The number of nitriles is 1. The number of benzene rings is 2. The summed E-state index contributed by atoms with van der Waals surface area (Å²) in [6.07, 6.45) is -4.74. The van der Waals surface area contributed by atoms with E-state index in [2.05, 4.69) is 4.83 Å². The number of hydrazine groups is 1. The summed E-state index contributed by atoms with van der Waals surface area (Å²) in [5.74, 6) is -0.0797. The van der Waals surface area contributed by atoms with E-state index in [1.807, 2.05) is 0 Å². The van der Waals surface area contributed by atoms with Gasteiger partial charge in [-0.15, -0.1) is 0 Å². The summed E-state index contributed by atoms with van der Waals surface area (Å²) in [6, 6.07) is 9.22. The van der Waals surface area contributed by atoms with Crippen LogP contribution in [0.5, 0.6) is 5.75 Å². The Morgan fingerprint density at radius 2 is 1.93 bits per heavy atom. The number of nitrogens with one attached hydrogen (secondary N) is 1. The van der Waals surface area contributed by atoms with Crippen molar-refractivity contribution in [2.24, 2.45) is 0 Å². The molecule has 30 heavy (non-hydrogen) atoms. The van der Waals surface area contributed by atoms with Gasteiger partial charge in [0.25, 0.3) is 0 Å². The molecule has 1 aliphatic heterocycles. The smallest absolute Gasteiger partial charge is 0.417 e. The van der Waals surface area contributed by atoms with E-state index in [0.717, 1.165) is 12.1 Å². The molecule has 2 N–H and O–H groups in total. The van der Waals surface area contributed by atoms with Gasteiger partial charge in [-0.1, -0.05) is 11.1 Å². The second-order valence-corrected chi connectivity index (χ2v) is 9.02. The van der Waals surface area contributed by atoms with Crippen molar-refractivity contribution in [1.82, 2.24) is 4.83 Å². The molecular weight excluding hydrogens is 422 g/mol. The number of nitrogens with zero attached hydrogens (tertiary/aromatic N) is 2. The quantitative estimate of drug-likeness (QED) is 0.484.